The third-order valence-electron chi connectivity index (χ3n) is 8.11. The normalized spacial score (nSPS) is 18.4. The van der Waals surface area contributed by atoms with Crippen LogP contribution in [0.2, 0.25) is 0 Å². The summed E-state index contributed by atoms with van der Waals surface area (Å²) in [5, 5.41) is 15.7. The minimum Gasteiger partial charge on any atom is -0.492 e. The van der Waals surface area contributed by atoms with Crippen LogP contribution in [0, 0.1) is 0 Å². The van der Waals surface area contributed by atoms with E-state index >= 15 is 0 Å². The number of hydrogen-bond acceptors (Lipinski definition) is 10. The number of nitrogens with zero attached hydrogens (tertiary/aromatic N) is 7. The molecule has 0 aliphatic carbocycles. The standard InChI is InChI=1S/C30H42N8O5/c1-20(2)31-28(39)19-43-25-18-23(42-17-16-36-15-14-35(4)29(40)21(36)3)6-7-24(25)22-10-12-37(13-11-22)27-9-8-26-32-33-30(41-5)38(26)34-27/h6-9,18,20-22H,10-17,19H2,1-5H3,(H,31,39)/t21-/m1/s1. The largest absolute Gasteiger partial charge is 0.492 e. The number of fused-ring (bicyclic) bond motifs is 1. The number of piperazine rings is 1. The van der Waals surface area contributed by atoms with E-state index in [9.17, 15) is 9.59 Å². The van der Waals surface area contributed by atoms with Crippen LogP contribution in [0.3, 0.4) is 0 Å². The molecule has 13 nitrogen and oxygen atoms in total. The number of piperidine rings is 1. The predicted molar refractivity (Wildman–Crippen MR) is 161 cm³/mol. The van der Waals surface area contributed by atoms with Crippen molar-refractivity contribution < 1.29 is 23.8 Å². The lowest BCUT2D eigenvalue weighted by molar-refractivity contribution is -0.139. The first-order chi connectivity index (χ1) is 20.7. The van der Waals surface area contributed by atoms with E-state index in [0.717, 1.165) is 43.9 Å². The quantitative estimate of drug-likeness (QED) is 0.352. The Balaban J connectivity index is 1.25. The van der Waals surface area contributed by atoms with Crippen molar-refractivity contribution in [2.24, 2.45) is 0 Å². The Bertz CT molecular complexity index is 1420. The molecule has 0 saturated carbocycles. The van der Waals surface area contributed by atoms with Gasteiger partial charge in [0.15, 0.2) is 12.3 Å². The van der Waals surface area contributed by atoms with Crippen LogP contribution in [-0.2, 0) is 9.59 Å². The zero-order chi connectivity index (χ0) is 30.5. The van der Waals surface area contributed by atoms with Gasteiger partial charge in [-0.25, -0.2) is 0 Å². The molecule has 4 heterocycles. The molecule has 2 aliphatic rings. The predicted octanol–water partition coefficient (Wildman–Crippen LogP) is 1.96. The molecule has 1 N–H and O–H groups in total. The molecule has 2 aliphatic heterocycles. The molecule has 0 spiro atoms. The molecule has 2 amide bonds. The van der Waals surface area contributed by atoms with Gasteiger partial charge in [0.1, 0.15) is 23.9 Å². The number of ether oxygens (including phenoxy) is 3. The summed E-state index contributed by atoms with van der Waals surface area (Å²) in [5.41, 5.74) is 1.69. The van der Waals surface area contributed by atoms with Gasteiger partial charge >= 0.3 is 6.01 Å². The first-order valence-corrected chi connectivity index (χ1v) is 14.9. The first-order valence-electron chi connectivity index (χ1n) is 14.9. The minimum absolute atomic E-state index is 0.0318. The molecule has 2 saturated heterocycles. The molecule has 13 heteroatoms. The van der Waals surface area contributed by atoms with Crippen molar-refractivity contribution in [2.45, 2.75) is 51.6 Å². The maximum atomic E-state index is 12.4. The maximum absolute atomic E-state index is 12.4. The molecule has 3 aromatic rings. The number of nitrogens with one attached hydrogen (secondary N) is 1. The van der Waals surface area contributed by atoms with Gasteiger partial charge in [-0.05, 0) is 63.3 Å². The van der Waals surface area contributed by atoms with Gasteiger partial charge in [-0.1, -0.05) is 11.2 Å². The number of rotatable bonds is 11. The molecular weight excluding hydrogens is 552 g/mol. The fourth-order valence-electron chi connectivity index (χ4n) is 5.69. The molecule has 232 valence electrons. The Morgan fingerprint density at radius 2 is 1.86 bits per heavy atom. The topological polar surface area (TPSA) is 127 Å². The number of amides is 2. The third-order valence-corrected chi connectivity index (χ3v) is 8.11. The molecular formula is C30H42N8O5. The molecule has 43 heavy (non-hydrogen) atoms. The van der Waals surface area contributed by atoms with Crippen molar-refractivity contribution >= 4 is 23.3 Å². The van der Waals surface area contributed by atoms with E-state index in [0.29, 0.717) is 42.9 Å². The summed E-state index contributed by atoms with van der Waals surface area (Å²) in [6.07, 6.45) is 1.78. The third kappa shape index (κ3) is 7.10. The summed E-state index contributed by atoms with van der Waals surface area (Å²) < 4.78 is 19.1. The number of benzene rings is 1. The van der Waals surface area contributed by atoms with Crippen LogP contribution in [0.25, 0.3) is 5.65 Å². The lowest BCUT2D eigenvalue weighted by Crippen LogP contribution is -2.55. The first kappa shape index (κ1) is 30.3. The van der Waals surface area contributed by atoms with Gasteiger partial charge in [0.2, 0.25) is 5.91 Å². The molecule has 0 bridgehead atoms. The summed E-state index contributed by atoms with van der Waals surface area (Å²) in [7, 11) is 3.39. The van der Waals surface area contributed by atoms with Gasteiger partial charge in [0.25, 0.3) is 5.91 Å². The highest BCUT2D eigenvalue weighted by atomic mass is 16.5. The summed E-state index contributed by atoms with van der Waals surface area (Å²) in [4.78, 5) is 30.9. The highest BCUT2D eigenvalue weighted by molar-refractivity contribution is 5.82. The van der Waals surface area contributed by atoms with Gasteiger partial charge in [0, 0.05) is 51.9 Å². The van der Waals surface area contributed by atoms with Crippen LogP contribution in [0.1, 0.15) is 45.1 Å². The number of likely N-dealkylation sites (N-methyl/N-ethyl adjacent to an activating group) is 1. The van der Waals surface area contributed by atoms with Crippen LogP contribution in [0.5, 0.6) is 17.5 Å². The van der Waals surface area contributed by atoms with E-state index in [4.69, 9.17) is 14.2 Å². The number of carbonyl (C=O) groups is 2. The van der Waals surface area contributed by atoms with E-state index in [1.165, 1.54) is 0 Å². The number of aromatic nitrogens is 4. The Hall–Kier alpha value is -4.13. The highest BCUT2D eigenvalue weighted by Crippen LogP contribution is 2.37. The zero-order valence-corrected chi connectivity index (χ0v) is 25.7. The second-order valence-electron chi connectivity index (χ2n) is 11.4. The van der Waals surface area contributed by atoms with Crippen LogP contribution in [0.4, 0.5) is 5.82 Å². The minimum atomic E-state index is -0.165. The number of methoxy groups -OCH3 is 1. The molecule has 0 radical (unpaired) electrons. The van der Waals surface area contributed by atoms with Crippen LogP contribution in [-0.4, -0.2) is 114 Å². The van der Waals surface area contributed by atoms with Crippen LogP contribution in [0.15, 0.2) is 30.3 Å². The molecule has 2 aromatic heterocycles. The highest BCUT2D eigenvalue weighted by Gasteiger charge is 2.29. The van der Waals surface area contributed by atoms with Crippen molar-refractivity contribution in [3.63, 3.8) is 0 Å². The van der Waals surface area contributed by atoms with Gasteiger partial charge in [0.05, 0.1) is 13.2 Å². The number of carbonyl (C=O) groups excluding carboxylic acids is 2. The number of anilines is 1. The second kappa shape index (κ2) is 13.4. The summed E-state index contributed by atoms with van der Waals surface area (Å²) in [6.45, 7) is 9.95. The zero-order valence-electron chi connectivity index (χ0n) is 25.7. The SMILES string of the molecule is COc1nnc2ccc(N3CCC(c4ccc(OCCN5CCN(C)C(=O)[C@H]5C)cc4OCC(=O)NC(C)C)CC3)nn12. The van der Waals surface area contributed by atoms with Gasteiger partial charge in [-0.2, -0.15) is 4.52 Å². The van der Waals surface area contributed by atoms with E-state index in [-0.39, 0.29) is 36.4 Å². The smallest absolute Gasteiger partial charge is 0.338 e. The van der Waals surface area contributed by atoms with Crippen molar-refractivity contribution in [1.29, 1.82) is 0 Å². The maximum Gasteiger partial charge on any atom is 0.338 e. The second-order valence-corrected chi connectivity index (χ2v) is 11.4. The number of hydrogen-bond donors (Lipinski definition) is 1. The molecule has 2 fully saturated rings. The van der Waals surface area contributed by atoms with Gasteiger partial charge in [-0.3, -0.25) is 14.5 Å². The summed E-state index contributed by atoms with van der Waals surface area (Å²) in [5.74, 6) is 2.39. The average Bonchev–Trinajstić information content (AvgIpc) is 3.42. The van der Waals surface area contributed by atoms with Gasteiger partial charge in [-0.15, -0.1) is 10.2 Å². The Morgan fingerprint density at radius 3 is 2.60 bits per heavy atom. The molecule has 1 atom stereocenters. The molecule has 0 unspecified atom stereocenters. The van der Waals surface area contributed by atoms with Crippen LogP contribution >= 0.6 is 0 Å². The lowest BCUT2D eigenvalue weighted by atomic mass is 9.88. The molecule has 5 rings (SSSR count). The van der Waals surface area contributed by atoms with Crippen molar-refractivity contribution in [3.05, 3.63) is 35.9 Å². The average molecular weight is 595 g/mol. The van der Waals surface area contributed by atoms with E-state index in [2.05, 4.69) is 36.5 Å². The van der Waals surface area contributed by atoms with E-state index in [1.807, 2.05) is 52.1 Å². The monoisotopic (exact) mass is 594 g/mol. The summed E-state index contributed by atoms with van der Waals surface area (Å²) in [6, 6.07) is 9.97. The Labute approximate surface area is 252 Å². The Morgan fingerprint density at radius 1 is 1.07 bits per heavy atom. The molecule has 1 aromatic carbocycles. The Kier molecular flexibility index (Phi) is 9.49. The van der Waals surface area contributed by atoms with Crippen molar-refractivity contribution in [1.82, 2.24) is 34.9 Å². The van der Waals surface area contributed by atoms with Gasteiger partial charge < -0.3 is 29.3 Å². The fraction of sp³-hybridized carbons (Fsp3) is 0.567. The van der Waals surface area contributed by atoms with E-state index < -0.39 is 0 Å². The van der Waals surface area contributed by atoms with E-state index in [1.54, 1.807) is 16.5 Å². The van der Waals surface area contributed by atoms with Crippen LogP contribution < -0.4 is 24.4 Å². The lowest BCUT2D eigenvalue weighted by Gasteiger charge is -2.37. The van der Waals surface area contributed by atoms with Crippen molar-refractivity contribution in [2.75, 3.05) is 65.0 Å². The van der Waals surface area contributed by atoms with Crippen molar-refractivity contribution in [3.8, 4) is 17.5 Å². The fourth-order valence-corrected chi connectivity index (χ4v) is 5.69. The summed E-state index contributed by atoms with van der Waals surface area (Å²) >= 11 is 0.